The molecule has 37 heavy (non-hydrogen) atoms. The minimum absolute atomic E-state index is 0.0204. The van der Waals surface area contributed by atoms with E-state index in [0.29, 0.717) is 40.4 Å². The summed E-state index contributed by atoms with van der Waals surface area (Å²) in [7, 11) is 0. The molecule has 1 amide bonds. The molecule has 0 aliphatic carbocycles. The number of amides is 1. The van der Waals surface area contributed by atoms with Crippen LogP contribution in [0, 0.1) is 25.2 Å². The number of aryl methyl sites for hydroxylation is 2. The van der Waals surface area contributed by atoms with Gasteiger partial charge in [-0.2, -0.15) is 5.26 Å². The van der Waals surface area contributed by atoms with Gasteiger partial charge in [-0.3, -0.25) is 4.79 Å². The van der Waals surface area contributed by atoms with Crippen LogP contribution in [0.25, 0.3) is 16.8 Å². The van der Waals surface area contributed by atoms with Crippen molar-refractivity contribution in [1.82, 2.24) is 0 Å². The van der Waals surface area contributed by atoms with Gasteiger partial charge in [0, 0.05) is 10.2 Å². The minimum Gasteiger partial charge on any atom is -0.490 e. The molecule has 4 aromatic rings. The van der Waals surface area contributed by atoms with Crippen LogP contribution in [-0.4, -0.2) is 12.5 Å². The molecule has 0 radical (unpaired) electrons. The van der Waals surface area contributed by atoms with Crippen LogP contribution in [0.15, 0.2) is 82.8 Å². The molecule has 0 aliphatic heterocycles. The molecule has 1 N–H and O–H groups in total. The Kier molecular flexibility index (Phi) is 8.27. The number of rotatable bonds is 8. The van der Waals surface area contributed by atoms with Crippen molar-refractivity contribution in [2.75, 3.05) is 11.9 Å². The highest BCUT2D eigenvalue weighted by atomic mass is 79.9. The van der Waals surface area contributed by atoms with E-state index in [1.165, 1.54) is 5.39 Å². The van der Waals surface area contributed by atoms with Crippen molar-refractivity contribution in [1.29, 1.82) is 5.26 Å². The molecule has 0 aromatic heterocycles. The van der Waals surface area contributed by atoms with Crippen LogP contribution >= 0.6 is 15.9 Å². The molecule has 0 unspecified atom stereocenters. The Bertz CT molecular complexity index is 1540. The SMILES string of the molecule is CCOc1cc(/C=C(\C#N)C(=O)Nc2ccc(C)cc2C)c(Br)cc1OCc1ccc2ccccc2c1. The number of carbonyl (C=O) groups excluding carboxylic acids is 1. The number of benzene rings is 4. The van der Waals surface area contributed by atoms with E-state index in [2.05, 4.69) is 45.5 Å². The topological polar surface area (TPSA) is 71.3 Å². The Morgan fingerprint density at radius 1 is 0.973 bits per heavy atom. The zero-order valence-electron chi connectivity index (χ0n) is 21.0. The van der Waals surface area contributed by atoms with Gasteiger partial charge in [0.15, 0.2) is 11.5 Å². The summed E-state index contributed by atoms with van der Waals surface area (Å²) < 4.78 is 12.6. The molecule has 4 aromatic carbocycles. The van der Waals surface area contributed by atoms with Gasteiger partial charge in [0.05, 0.1) is 6.61 Å². The van der Waals surface area contributed by atoms with Gasteiger partial charge in [-0.05, 0) is 78.6 Å². The number of hydrogen-bond donors (Lipinski definition) is 1. The fraction of sp³-hybridized carbons (Fsp3) is 0.161. The van der Waals surface area contributed by atoms with E-state index in [0.717, 1.165) is 22.1 Å². The lowest BCUT2D eigenvalue weighted by Gasteiger charge is -2.15. The molecule has 6 heteroatoms. The fourth-order valence-corrected chi connectivity index (χ4v) is 4.42. The van der Waals surface area contributed by atoms with Crippen molar-refractivity contribution in [3.8, 4) is 17.6 Å². The molecule has 186 valence electrons. The molecule has 5 nitrogen and oxygen atoms in total. The summed E-state index contributed by atoms with van der Waals surface area (Å²) >= 11 is 3.56. The summed E-state index contributed by atoms with van der Waals surface area (Å²) in [5, 5.41) is 14.9. The van der Waals surface area contributed by atoms with Gasteiger partial charge in [-0.15, -0.1) is 0 Å². The maximum atomic E-state index is 12.9. The van der Waals surface area contributed by atoms with Gasteiger partial charge < -0.3 is 14.8 Å². The first kappa shape index (κ1) is 26.0. The third-order valence-corrected chi connectivity index (χ3v) is 6.55. The van der Waals surface area contributed by atoms with Gasteiger partial charge in [0.25, 0.3) is 5.91 Å². The zero-order chi connectivity index (χ0) is 26.4. The highest BCUT2D eigenvalue weighted by Gasteiger charge is 2.15. The van der Waals surface area contributed by atoms with Crippen LogP contribution in [0.5, 0.6) is 11.5 Å². The van der Waals surface area contributed by atoms with Crippen molar-refractivity contribution in [2.45, 2.75) is 27.4 Å². The third kappa shape index (κ3) is 6.38. The smallest absolute Gasteiger partial charge is 0.266 e. The van der Waals surface area contributed by atoms with Gasteiger partial charge in [-0.1, -0.05) is 70.0 Å². The van der Waals surface area contributed by atoms with Crippen molar-refractivity contribution in [3.05, 3.63) is 105 Å². The van der Waals surface area contributed by atoms with Crippen LogP contribution in [0.4, 0.5) is 5.69 Å². The van der Waals surface area contributed by atoms with E-state index in [9.17, 15) is 10.1 Å². The lowest BCUT2D eigenvalue weighted by atomic mass is 10.1. The third-order valence-electron chi connectivity index (χ3n) is 5.87. The second kappa shape index (κ2) is 11.8. The Morgan fingerprint density at radius 2 is 1.73 bits per heavy atom. The van der Waals surface area contributed by atoms with Crippen molar-refractivity contribution in [3.63, 3.8) is 0 Å². The Labute approximate surface area is 225 Å². The van der Waals surface area contributed by atoms with E-state index < -0.39 is 5.91 Å². The predicted octanol–water partition coefficient (Wildman–Crippen LogP) is 7.74. The average Bonchev–Trinajstić information content (AvgIpc) is 2.89. The van der Waals surface area contributed by atoms with E-state index >= 15 is 0 Å². The number of fused-ring (bicyclic) bond motifs is 1. The van der Waals surface area contributed by atoms with Crippen LogP contribution in [0.2, 0.25) is 0 Å². The standard InChI is InChI=1S/C31H27BrN2O3/c1-4-36-29-16-25(15-26(18-33)31(35)34-28-12-9-20(2)13-21(28)3)27(32)17-30(29)37-19-22-10-11-23-7-5-6-8-24(23)14-22/h5-17H,4,19H2,1-3H3,(H,34,35)/b26-15+. The first-order valence-corrected chi connectivity index (χ1v) is 12.7. The maximum Gasteiger partial charge on any atom is 0.266 e. The molecule has 0 aliphatic rings. The fourth-order valence-electron chi connectivity index (χ4n) is 3.98. The van der Waals surface area contributed by atoms with Gasteiger partial charge in [0.2, 0.25) is 0 Å². The molecule has 0 saturated heterocycles. The summed E-state index contributed by atoms with van der Waals surface area (Å²) in [5.74, 6) is 0.623. The zero-order valence-corrected chi connectivity index (χ0v) is 22.6. The Balaban J connectivity index is 1.57. The lowest BCUT2D eigenvalue weighted by molar-refractivity contribution is -0.112. The van der Waals surface area contributed by atoms with Gasteiger partial charge in [-0.25, -0.2) is 0 Å². The number of nitrogens with zero attached hydrogens (tertiary/aromatic N) is 1. The highest BCUT2D eigenvalue weighted by molar-refractivity contribution is 9.10. The number of nitriles is 1. The van der Waals surface area contributed by atoms with Gasteiger partial charge in [0.1, 0.15) is 18.2 Å². The molecular weight excluding hydrogens is 528 g/mol. The van der Waals surface area contributed by atoms with Gasteiger partial charge >= 0.3 is 0 Å². The van der Waals surface area contributed by atoms with Crippen LogP contribution < -0.4 is 14.8 Å². The predicted molar refractivity (Wildman–Crippen MR) is 152 cm³/mol. The molecule has 0 spiro atoms. The second-order valence-corrected chi connectivity index (χ2v) is 9.52. The minimum atomic E-state index is -0.476. The summed E-state index contributed by atoms with van der Waals surface area (Å²) in [5.41, 5.74) is 4.35. The molecule has 0 heterocycles. The highest BCUT2D eigenvalue weighted by Crippen LogP contribution is 2.35. The number of halogens is 1. The molecule has 0 fully saturated rings. The van der Waals surface area contributed by atoms with E-state index in [-0.39, 0.29) is 5.57 Å². The van der Waals surface area contributed by atoms with E-state index in [4.69, 9.17) is 9.47 Å². The Hall–Kier alpha value is -4.08. The lowest BCUT2D eigenvalue weighted by Crippen LogP contribution is -2.14. The number of anilines is 1. The van der Waals surface area contributed by atoms with Crippen LogP contribution in [0.3, 0.4) is 0 Å². The first-order valence-electron chi connectivity index (χ1n) is 11.9. The summed E-state index contributed by atoms with van der Waals surface area (Å²) in [4.78, 5) is 12.9. The normalized spacial score (nSPS) is 11.2. The quantitative estimate of drug-likeness (QED) is 0.178. The summed E-state index contributed by atoms with van der Waals surface area (Å²) in [6.07, 6.45) is 1.54. The molecule has 0 bridgehead atoms. The summed E-state index contributed by atoms with van der Waals surface area (Å²) in [6.45, 7) is 6.61. The van der Waals surface area contributed by atoms with Crippen molar-refractivity contribution < 1.29 is 14.3 Å². The van der Waals surface area contributed by atoms with E-state index in [1.54, 1.807) is 18.2 Å². The first-order chi connectivity index (χ1) is 17.9. The molecule has 0 saturated carbocycles. The summed E-state index contributed by atoms with van der Waals surface area (Å²) in [6, 6.07) is 25.7. The number of hydrogen-bond acceptors (Lipinski definition) is 4. The van der Waals surface area contributed by atoms with Crippen LogP contribution in [-0.2, 0) is 11.4 Å². The molecular formula is C31H27BrN2O3. The maximum absolute atomic E-state index is 12.9. The number of ether oxygens (including phenoxy) is 2. The molecule has 4 rings (SSSR count). The largest absolute Gasteiger partial charge is 0.490 e. The van der Waals surface area contributed by atoms with E-state index in [1.807, 2.05) is 63.2 Å². The molecule has 0 atom stereocenters. The van der Waals surface area contributed by atoms with Crippen molar-refractivity contribution >= 4 is 44.4 Å². The number of nitrogens with one attached hydrogen (secondary N) is 1. The monoisotopic (exact) mass is 554 g/mol. The average molecular weight is 555 g/mol. The van der Waals surface area contributed by atoms with Crippen molar-refractivity contribution in [2.24, 2.45) is 0 Å². The van der Waals surface area contributed by atoms with Crippen LogP contribution in [0.1, 0.15) is 29.2 Å². The second-order valence-electron chi connectivity index (χ2n) is 8.67. The number of carbonyl (C=O) groups is 1. The Morgan fingerprint density at radius 3 is 2.46 bits per heavy atom.